The van der Waals surface area contributed by atoms with Gasteiger partial charge in [-0.05, 0) is 32.9 Å². The number of carboxylic acid groups (broad SMARTS) is 1. The SMILES string of the molecule is CC(C)CCN1CC(C(=O)O)CN(C)CC1C. The van der Waals surface area contributed by atoms with Gasteiger partial charge in [0, 0.05) is 25.7 Å². The largest absolute Gasteiger partial charge is 0.481 e. The van der Waals surface area contributed by atoms with Crippen molar-refractivity contribution < 1.29 is 9.90 Å². The van der Waals surface area contributed by atoms with Crippen molar-refractivity contribution in [1.29, 1.82) is 0 Å². The van der Waals surface area contributed by atoms with E-state index >= 15 is 0 Å². The maximum Gasteiger partial charge on any atom is 0.309 e. The van der Waals surface area contributed by atoms with E-state index < -0.39 is 5.97 Å². The molecule has 2 unspecified atom stereocenters. The van der Waals surface area contributed by atoms with Crippen LogP contribution in [0.1, 0.15) is 27.2 Å². The molecule has 1 saturated heterocycles. The first-order valence-electron chi connectivity index (χ1n) is 6.55. The van der Waals surface area contributed by atoms with Crippen LogP contribution in [0.4, 0.5) is 0 Å². The summed E-state index contributed by atoms with van der Waals surface area (Å²) in [4.78, 5) is 15.7. The molecule has 1 heterocycles. The molecule has 0 saturated carbocycles. The molecule has 0 radical (unpaired) electrons. The summed E-state index contributed by atoms with van der Waals surface area (Å²) < 4.78 is 0. The molecule has 0 aromatic carbocycles. The number of hydrogen-bond acceptors (Lipinski definition) is 3. The fourth-order valence-corrected chi connectivity index (χ4v) is 2.43. The van der Waals surface area contributed by atoms with Crippen molar-refractivity contribution in [3.05, 3.63) is 0 Å². The highest BCUT2D eigenvalue weighted by molar-refractivity contribution is 5.70. The molecular weight excluding hydrogens is 216 g/mol. The molecule has 1 rings (SSSR count). The zero-order chi connectivity index (χ0) is 13.0. The first-order valence-corrected chi connectivity index (χ1v) is 6.55. The van der Waals surface area contributed by atoms with E-state index in [1.54, 1.807) is 0 Å². The zero-order valence-electron chi connectivity index (χ0n) is 11.5. The fraction of sp³-hybridized carbons (Fsp3) is 0.923. The predicted molar refractivity (Wildman–Crippen MR) is 69.1 cm³/mol. The summed E-state index contributed by atoms with van der Waals surface area (Å²) in [5, 5.41) is 9.21. The van der Waals surface area contributed by atoms with Crippen LogP contribution in [0.3, 0.4) is 0 Å². The third-order valence-electron chi connectivity index (χ3n) is 3.53. The van der Waals surface area contributed by atoms with E-state index in [-0.39, 0.29) is 5.92 Å². The molecule has 1 fully saturated rings. The second-order valence-electron chi connectivity index (χ2n) is 5.78. The topological polar surface area (TPSA) is 43.8 Å². The smallest absolute Gasteiger partial charge is 0.309 e. The molecule has 0 spiro atoms. The van der Waals surface area contributed by atoms with Gasteiger partial charge in [0.05, 0.1) is 5.92 Å². The summed E-state index contributed by atoms with van der Waals surface area (Å²) in [6.07, 6.45) is 1.14. The van der Waals surface area contributed by atoms with E-state index in [0.29, 0.717) is 25.0 Å². The lowest BCUT2D eigenvalue weighted by atomic mass is 10.1. The van der Waals surface area contributed by atoms with Gasteiger partial charge in [-0.15, -0.1) is 0 Å². The minimum atomic E-state index is -0.666. The van der Waals surface area contributed by atoms with Crippen LogP contribution in [0, 0.1) is 11.8 Å². The van der Waals surface area contributed by atoms with Crippen molar-refractivity contribution >= 4 is 5.97 Å². The molecule has 1 N–H and O–H groups in total. The summed E-state index contributed by atoms with van der Waals surface area (Å²) in [5.41, 5.74) is 0. The predicted octanol–water partition coefficient (Wildman–Crippen LogP) is 1.37. The van der Waals surface area contributed by atoms with Gasteiger partial charge in [0.2, 0.25) is 0 Å². The van der Waals surface area contributed by atoms with Crippen LogP contribution in [-0.4, -0.2) is 60.1 Å². The zero-order valence-corrected chi connectivity index (χ0v) is 11.5. The highest BCUT2D eigenvalue weighted by Gasteiger charge is 2.29. The van der Waals surface area contributed by atoms with Crippen LogP contribution < -0.4 is 0 Å². The molecule has 4 heteroatoms. The first kappa shape index (κ1) is 14.5. The summed E-state index contributed by atoms with van der Waals surface area (Å²) in [6.45, 7) is 9.94. The molecule has 0 aromatic heterocycles. The van der Waals surface area contributed by atoms with Gasteiger partial charge in [-0.25, -0.2) is 0 Å². The molecule has 1 aliphatic heterocycles. The Morgan fingerprint density at radius 1 is 1.35 bits per heavy atom. The lowest BCUT2D eigenvalue weighted by Crippen LogP contribution is -2.40. The summed E-state index contributed by atoms with van der Waals surface area (Å²) in [7, 11) is 2.01. The van der Waals surface area contributed by atoms with Crippen molar-refractivity contribution in [2.24, 2.45) is 11.8 Å². The molecular formula is C13H26N2O2. The minimum Gasteiger partial charge on any atom is -0.481 e. The summed E-state index contributed by atoms with van der Waals surface area (Å²) in [6, 6.07) is 0.447. The van der Waals surface area contributed by atoms with Crippen molar-refractivity contribution in [3.8, 4) is 0 Å². The van der Waals surface area contributed by atoms with E-state index in [1.165, 1.54) is 0 Å². The molecule has 0 bridgehead atoms. The van der Waals surface area contributed by atoms with E-state index in [2.05, 4.69) is 30.6 Å². The van der Waals surface area contributed by atoms with Crippen LogP contribution >= 0.6 is 0 Å². The van der Waals surface area contributed by atoms with Gasteiger partial charge in [-0.1, -0.05) is 13.8 Å². The Bertz CT molecular complexity index is 256. The number of hydrogen-bond donors (Lipinski definition) is 1. The van der Waals surface area contributed by atoms with Gasteiger partial charge in [0.1, 0.15) is 0 Å². The Hall–Kier alpha value is -0.610. The Labute approximate surface area is 105 Å². The van der Waals surface area contributed by atoms with Crippen molar-refractivity contribution in [1.82, 2.24) is 9.80 Å². The van der Waals surface area contributed by atoms with Crippen LogP contribution in [0.15, 0.2) is 0 Å². The van der Waals surface area contributed by atoms with Gasteiger partial charge in [-0.3, -0.25) is 9.69 Å². The van der Waals surface area contributed by atoms with Crippen LogP contribution in [0.25, 0.3) is 0 Å². The Morgan fingerprint density at radius 3 is 2.53 bits per heavy atom. The van der Waals surface area contributed by atoms with E-state index in [4.69, 9.17) is 0 Å². The Morgan fingerprint density at radius 2 is 2.00 bits per heavy atom. The maximum absolute atomic E-state index is 11.2. The van der Waals surface area contributed by atoms with Gasteiger partial charge < -0.3 is 10.0 Å². The molecule has 0 aromatic rings. The number of carbonyl (C=O) groups is 1. The van der Waals surface area contributed by atoms with E-state index in [0.717, 1.165) is 19.5 Å². The van der Waals surface area contributed by atoms with Crippen LogP contribution in [0.2, 0.25) is 0 Å². The second kappa shape index (κ2) is 6.36. The van der Waals surface area contributed by atoms with Crippen LogP contribution in [0.5, 0.6) is 0 Å². The molecule has 100 valence electrons. The van der Waals surface area contributed by atoms with E-state index in [9.17, 15) is 9.90 Å². The summed E-state index contributed by atoms with van der Waals surface area (Å²) in [5.74, 6) is -0.246. The molecule has 2 atom stereocenters. The number of rotatable bonds is 4. The Balaban J connectivity index is 2.62. The average molecular weight is 242 g/mol. The molecule has 0 aliphatic carbocycles. The van der Waals surface area contributed by atoms with Gasteiger partial charge in [0.25, 0.3) is 0 Å². The molecule has 17 heavy (non-hydrogen) atoms. The van der Waals surface area contributed by atoms with Gasteiger partial charge in [-0.2, -0.15) is 0 Å². The fourth-order valence-electron chi connectivity index (χ4n) is 2.43. The molecule has 1 aliphatic rings. The normalized spacial score (nSPS) is 28.3. The third-order valence-corrected chi connectivity index (χ3v) is 3.53. The molecule has 4 nitrogen and oxygen atoms in total. The number of likely N-dealkylation sites (N-methyl/N-ethyl adjacent to an activating group) is 1. The highest BCUT2D eigenvalue weighted by Crippen LogP contribution is 2.15. The van der Waals surface area contributed by atoms with Crippen LogP contribution in [-0.2, 0) is 4.79 Å². The average Bonchev–Trinajstić information content (AvgIpc) is 2.34. The number of carboxylic acids is 1. The van der Waals surface area contributed by atoms with Crippen molar-refractivity contribution in [2.75, 3.05) is 33.2 Å². The number of aliphatic carboxylic acids is 1. The lowest BCUT2D eigenvalue weighted by molar-refractivity contribution is -0.142. The quantitative estimate of drug-likeness (QED) is 0.808. The monoisotopic (exact) mass is 242 g/mol. The minimum absolute atomic E-state index is 0.253. The highest BCUT2D eigenvalue weighted by atomic mass is 16.4. The second-order valence-corrected chi connectivity index (χ2v) is 5.78. The van der Waals surface area contributed by atoms with Gasteiger partial charge >= 0.3 is 5.97 Å². The Kier molecular flexibility index (Phi) is 5.40. The maximum atomic E-state index is 11.2. The van der Waals surface area contributed by atoms with Crippen molar-refractivity contribution in [2.45, 2.75) is 33.2 Å². The standard InChI is InChI=1S/C13H26N2O2/c1-10(2)5-6-15-9-12(13(16)17)8-14(4)7-11(15)3/h10-12H,5-9H2,1-4H3,(H,16,17). The first-order chi connectivity index (χ1) is 7.90. The molecule has 0 amide bonds. The lowest BCUT2D eigenvalue weighted by Gasteiger charge is -2.29. The van der Waals surface area contributed by atoms with Gasteiger partial charge in [0.15, 0.2) is 0 Å². The number of nitrogens with zero attached hydrogens (tertiary/aromatic N) is 2. The van der Waals surface area contributed by atoms with Crippen molar-refractivity contribution in [3.63, 3.8) is 0 Å². The summed E-state index contributed by atoms with van der Waals surface area (Å²) >= 11 is 0. The third kappa shape index (κ3) is 4.64. The van der Waals surface area contributed by atoms with E-state index in [1.807, 2.05) is 7.05 Å².